The molecule has 0 unspecified atom stereocenters. The molecule has 0 aliphatic heterocycles. The fraction of sp³-hybridized carbons (Fsp3) is 0.143. The number of fused-ring (bicyclic) bond motifs is 1. The van der Waals surface area contributed by atoms with Crippen LogP contribution in [-0.2, 0) is 6.42 Å². The lowest BCUT2D eigenvalue weighted by Gasteiger charge is -2.08. The van der Waals surface area contributed by atoms with Crippen LogP contribution in [0.15, 0.2) is 71.9 Å². The zero-order valence-corrected chi connectivity index (χ0v) is 15.9. The van der Waals surface area contributed by atoms with Crippen molar-refractivity contribution in [2.45, 2.75) is 12.8 Å². The number of nitrogens with zero attached hydrogens (tertiary/aromatic N) is 3. The van der Waals surface area contributed by atoms with Gasteiger partial charge in [0, 0.05) is 18.6 Å². The lowest BCUT2D eigenvalue weighted by Crippen LogP contribution is -2.10. The summed E-state index contributed by atoms with van der Waals surface area (Å²) in [7, 11) is 0. The Morgan fingerprint density at radius 2 is 1.86 bits per heavy atom. The molecule has 6 nitrogen and oxygen atoms in total. The Bertz CT molecular complexity index is 1100. The van der Waals surface area contributed by atoms with Gasteiger partial charge < -0.3 is 9.72 Å². The van der Waals surface area contributed by atoms with Crippen molar-refractivity contribution in [3.8, 4) is 17.3 Å². The lowest BCUT2D eigenvalue weighted by molar-refractivity contribution is 0.311. The average molecular weight is 395 g/mol. The zero-order valence-electron chi connectivity index (χ0n) is 15.0. The summed E-state index contributed by atoms with van der Waals surface area (Å²) in [6, 6.07) is 14.9. The normalized spacial score (nSPS) is 10.4. The van der Waals surface area contributed by atoms with Gasteiger partial charge in [0.25, 0.3) is 5.56 Å². The molecule has 0 amide bonds. The van der Waals surface area contributed by atoms with Crippen LogP contribution in [0.5, 0.6) is 5.75 Å². The third kappa shape index (κ3) is 4.53. The third-order valence-electron chi connectivity index (χ3n) is 4.21. The molecule has 0 bridgehead atoms. The Morgan fingerprint density at radius 3 is 2.64 bits per heavy atom. The van der Waals surface area contributed by atoms with Crippen LogP contribution in [-0.4, -0.2) is 26.5 Å². The summed E-state index contributed by atoms with van der Waals surface area (Å²) in [5.41, 5.74) is 2.27. The van der Waals surface area contributed by atoms with Gasteiger partial charge in [-0.1, -0.05) is 6.07 Å². The maximum Gasteiger partial charge on any atom is 0.259 e. The SMILES string of the molecule is Cl.O=c1[nH]c(-c2ccccn2)nc2ccc(OCCCc3ccncc3)cc12. The summed E-state index contributed by atoms with van der Waals surface area (Å²) >= 11 is 0. The van der Waals surface area contributed by atoms with E-state index >= 15 is 0 Å². The highest BCUT2D eigenvalue weighted by Gasteiger charge is 2.08. The van der Waals surface area contributed by atoms with E-state index in [-0.39, 0.29) is 18.0 Å². The summed E-state index contributed by atoms with van der Waals surface area (Å²) < 4.78 is 5.80. The van der Waals surface area contributed by atoms with E-state index in [4.69, 9.17) is 4.74 Å². The molecule has 0 fully saturated rings. The van der Waals surface area contributed by atoms with E-state index in [1.807, 2.05) is 36.4 Å². The molecule has 1 N–H and O–H groups in total. The highest BCUT2D eigenvalue weighted by Crippen LogP contribution is 2.19. The van der Waals surface area contributed by atoms with Crippen molar-refractivity contribution in [3.05, 3.63) is 83.0 Å². The van der Waals surface area contributed by atoms with Crippen LogP contribution in [0.1, 0.15) is 12.0 Å². The topological polar surface area (TPSA) is 80.8 Å². The van der Waals surface area contributed by atoms with E-state index in [9.17, 15) is 4.79 Å². The summed E-state index contributed by atoms with van der Waals surface area (Å²) in [6.45, 7) is 0.575. The van der Waals surface area contributed by atoms with E-state index < -0.39 is 0 Å². The van der Waals surface area contributed by atoms with Crippen LogP contribution in [0.2, 0.25) is 0 Å². The maximum atomic E-state index is 12.5. The molecule has 3 heterocycles. The highest BCUT2D eigenvalue weighted by atomic mass is 35.5. The van der Waals surface area contributed by atoms with Crippen molar-refractivity contribution < 1.29 is 4.74 Å². The fourth-order valence-electron chi connectivity index (χ4n) is 2.85. The molecule has 1 aromatic carbocycles. The van der Waals surface area contributed by atoms with Crippen LogP contribution in [0, 0.1) is 0 Å². The van der Waals surface area contributed by atoms with Crippen molar-refractivity contribution in [2.75, 3.05) is 6.61 Å². The van der Waals surface area contributed by atoms with Crippen LogP contribution in [0.25, 0.3) is 22.4 Å². The second kappa shape index (κ2) is 9.10. The minimum absolute atomic E-state index is 0. The van der Waals surface area contributed by atoms with Crippen molar-refractivity contribution in [1.29, 1.82) is 0 Å². The van der Waals surface area contributed by atoms with Gasteiger partial charge in [0.1, 0.15) is 11.4 Å². The van der Waals surface area contributed by atoms with Gasteiger partial charge in [0.05, 0.1) is 17.5 Å². The van der Waals surface area contributed by atoms with E-state index in [2.05, 4.69) is 19.9 Å². The van der Waals surface area contributed by atoms with Crippen LogP contribution in [0.3, 0.4) is 0 Å². The Morgan fingerprint density at radius 1 is 1.00 bits per heavy atom. The quantitative estimate of drug-likeness (QED) is 0.503. The first kappa shape index (κ1) is 19.5. The second-order valence-corrected chi connectivity index (χ2v) is 6.12. The third-order valence-corrected chi connectivity index (χ3v) is 4.21. The number of hydrogen-bond donors (Lipinski definition) is 1. The number of aromatic amines is 1. The predicted octanol–water partition coefficient (Wildman–Crippen LogP) is 3.81. The molecule has 142 valence electrons. The average Bonchev–Trinajstić information content (AvgIpc) is 2.73. The van der Waals surface area contributed by atoms with Gasteiger partial charge in [-0.05, 0) is 60.9 Å². The first-order valence-corrected chi connectivity index (χ1v) is 8.77. The number of aryl methyl sites for hydroxylation is 1. The Kier molecular flexibility index (Phi) is 6.34. The molecule has 7 heteroatoms. The largest absolute Gasteiger partial charge is 0.494 e. The molecule has 0 spiro atoms. The number of ether oxygens (including phenoxy) is 1. The monoisotopic (exact) mass is 394 g/mol. The van der Waals surface area contributed by atoms with E-state index in [0.29, 0.717) is 34.8 Å². The number of benzene rings is 1. The smallest absolute Gasteiger partial charge is 0.259 e. The van der Waals surface area contributed by atoms with Gasteiger partial charge in [0.2, 0.25) is 0 Å². The number of aromatic nitrogens is 4. The first-order chi connectivity index (χ1) is 13.3. The molecule has 3 aromatic heterocycles. The second-order valence-electron chi connectivity index (χ2n) is 6.12. The van der Waals surface area contributed by atoms with E-state index in [1.165, 1.54) is 5.56 Å². The van der Waals surface area contributed by atoms with Crippen molar-refractivity contribution in [1.82, 2.24) is 19.9 Å². The van der Waals surface area contributed by atoms with Gasteiger partial charge in [-0.25, -0.2) is 4.98 Å². The maximum absolute atomic E-state index is 12.5. The minimum Gasteiger partial charge on any atom is -0.494 e. The molecule has 0 aliphatic carbocycles. The fourth-order valence-corrected chi connectivity index (χ4v) is 2.85. The minimum atomic E-state index is -0.206. The molecule has 0 atom stereocenters. The molecule has 0 aliphatic rings. The predicted molar refractivity (Wildman–Crippen MR) is 111 cm³/mol. The van der Waals surface area contributed by atoms with Crippen molar-refractivity contribution in [3.63, 3.8) is 0 Å². The van der Waals surface area contributed by atoms with Gasteiger partial charge >= 0.3 is 0 Å². The molecular weight excluding hydrogens is 376 g/mol. The van der Waals surface area contributed by atoms with Crippen LogP contribution >= 0.6 is 12.4 Å². The van der Waals surface area contributed by atoms with E-state index in [1.54, 1.807) is 30.7 Å². The molecule has 4 rings (SSSR count). The number of pyridine rings is 2. The van der Waals surface area contributed by atoms with Gasteiger partial charge in [0.15, 0.2) is 5.82 Å². The number of halogens is 1. The number of nitrogens with one attached hydrogen (secondary N) is 1. The molecule has 0 saturated carbocycles. The summed E-state index contributed by atoms with van der Waals surface area (Å²) in [4.78, 5) is 28.0. The summed E-state index contributed by atoms with van der Waals surface area (Å²) in [6.07, 6.45) is 7.05. The van der Waals surface area contributed by atoms with Crippen LogP contribution < -0.4 is 10.3 Å². The Hall–Kier alpha value is -3.25. The summed E-state index contributed by atoms with van der Waals surface area (Å²) in [5.74, 6) is 1.12. The Balaban J connectivity index is 0.00000225. The van der Waals surface area contributed by atoms with Crippen LogP contribution in [0.4, 0.5) is 0 Å². The Labute approximate surface area is 168 Å². The van der Waals surface area contributed by atoms with Crippen molar-refractivity contribution >= 4 is 23.3 Å². The van der Waals surface area contributed by atoms with Gasteiger partial charge in [-0.2, -0.15) is 0 Å². The highest BCUT2D eigenvalue weighted by molar-refractivity contribution is 5.85. The molecule has 28 heavy (non-hydrogen) atoms. The van der Waals surface area contributed by atoms with Crippen molar-refractivity contribution in [2.24, 2.45) is 0 Å². The van der Waals surface area contributed by atoms with E-state index in [0.717, 1.165) is 12.8 Å². The first-order valence-electron chi connectivity index (χ1n) is 8.77. The van der Waals surface area contributed by atoms with Gasteiger partial charge in [-0.15, -0.1) is 12.4 Å². The molecule has 0 saturated heterocycles. The summed E-state index contributed by atoms with van der Waals surface area (Å²) in [5, 5.41) is 0.501. The lowest BCUT2D eigenvalue weighted by atomic mass is 10.1. The molecular formula is C21H19ClN4O2. The molecule has 4 aromatic rings. The number of rotatable bonds is 6. The molecule has 0 radical (unpaired) electrons. The number of H-pyrrole nitrogens is 1. The van der Waals surface area contributed by atoms with Gasteiger partial charge in [-0.3, -0.25) is 14.8 Å². The standard InChI is InChI=1S/C21H18N4O2.ClH/c26-21-17-14-16(27-13-3-4-15-8-11-22-12-9-15)6-7-18(17)24-20(25-21)19-5-1-2-10-23-19;/h1-2,5-12,14H,3-4,13H2,(H,24,25,26);1H. The zero-order chi connectivity index (χ0) is 18.5. The number of hydrogen-bond acceptors (Lipinski definition) is 5.